The maximum atomic E-state index is 13.0. The first-order chi connectivity index (χ1) is 17.7. The van der Waals surface area contributed by atoms with Crippen molar-refractivity contribution in [3.05, 3.63) is 47.4 Å². The highest BCUT2D eigenvalue weighted by atomic mass is 35.5. The minimum atomic E-state index is -0.470. The molecular formula is C27H33ClN6O3. The van der Waals surface area contributed by atoms with Crippen LogP contribution in [0.1, 0.15) is 25.5 Å². The van der Waals surface area contributed by atoms with Gasteiger partial charge in [0.25, 0.3) is 0 Å². The van der Waals surface area contributed by atoms with Crippen molar-refractivity contribution in [3.63, 3.8) is 0 Å². The fourth-order valence-electron chi connectivity index (χ4n) is 6.02. The summed E-state index contributed by atoms with van der Waals surface area (Å²) in [6, 6.07) is 7.92. The van der Waals surface area contributed by atoms with Gasteiger partial charge in [0.1, 0.15) is 5.82 Å². The summed E-state index contributed by atoms with van der Waals surface area (Å²) < 4.78 is 7.30. The molecule has 3 aromatic rings. The van der Waals surface area contributed by atoms with Gasteiger partial charge >= 0.3 is 0 Å². The number of nitrogens with one attached hydrogen (secondary N) is 1. The van der Waals surface area contributed by atoms with Gasteiger partial charge in [0.15, 0.2) is 0 Å². The summed E-state index contributed by atoms with van der Waals surface area (Å²) in [4.78, 5) is 22.1. The highest BCUT2D eigenvalue weighted by Gasteiger charge is 2.53. The van der Waals surface area contributed by atoms with Crippen molar-refractivity contribution >= 4 is 39.8 Å². The topological polar surface area (TPSA) is 95.8 Å². The van der Waals surface area contributed by atoms with Crippen LogP contribution >= 0.6 is 11.6 Å². The fourth-order valence-corrected chi connectivity index (χ4v) is 6.31. The molecule has 3 aliphatic rings. The Morgan fingerprint density at radius 1 is 1.22 bits per heavy atom. The number of aliphatic hydroxyl groups excluding tert-OH is 1. The maximum Gasteiger partial charge on any atom is 0.229 e. The number of hydrogen-bond acceptors (Lipinski definition) is 7. The number of halogens is 1. The van der Waals surface area contributed by atoms with Crippen molar-refractivity contribution in [1.29, 1.82) is 0 Å². The largest absolute Gasteiger partial charge is 0.389 e. The smallest absolute Gasteiger partial charge is 0.229 e. The molecule has 2 aromatic heterocycles. The summed E-state index contributed by atoms with van der Waals surface area (Å²) >= 11 is 6.70. The molecule has 9 nitrogen and oxygen atoms in total. The lowest BCUT2D eigenvalue weighted by atomic mass is 9.95. The number of carbonyl (C=O) groups excluding carboxylic acids is 1. The molecule has 3 unspecified atom stereocenters. The molecule has 2 N–H and O–H groups in total. The Morgan fingerprint density at radius 3 is 2.68 bits per heavy atom. The van der Waals surface area contributed by atoms with Crippen LogP contribution < -0.4 is 10.2 Å². The Morgan fingerprint density at radius 2 is 2.00 bits per heavy atom. The minimum Gasteiger partial charge on any atom is -0.389 e. The van der Waals surface area contributed by atoms with Gasteiger partial charge in [-0.05, 0) is 42.5 Å². The lowest BCUT2D eigenvalue weighted by molar-refractivity contribution is -0.117. The highest BCUT2D eigenvalue weighted by Crippen LogP contribution is 2.53. The molecule has 0 radical (unpaired) electrons. The first-order valence-corrected chi connectivity index (χ1v) is 13.3. The molecule has 1 aliphatic carbocycles. The number of fused-ring (bicyclic) bond motifs is 1. The van der Waals surface area contributed by atoms with E-state index in [-0.39, 0.29) is 29.2 Å². The Kier molecular flexibility index (Phi) is 6.14. The predicted octanol–water partition coefficient (Wildman–Crippen LogP) is 2.88. The van der Waals surface area contributed by atoms with Crippen LogP contribution in [0.2, 0.25) is 5.02 Å². The Hall–Kier alpha value is -2.72. The SMILES string of the molecule is CC1C(C(=O)Nc2cc3cc(N4CCN([C@]5(C)COC[C@@H]5O)CC4)c(Cl)cc3cn2)C1c1ccn(C)n1. The van der Waals surface area contributed by atoms with Gasteiger partial charge in [-0.2, -0.15) is 5.10 Å². The first-order valence-electron chi connectivity index (χ1n) is 12.9. The van der Waals surface area contributed by atoms with Gasteiger partial charge in [0, 0.05) is 56.9 Å². The molecule has 6 rings (SSSR count). The van der Waals surface area contributed by atoms with E-state index in [0.717, 1.165) is 48.3 Å². The number of anilines is 2. The van der Waals surface area contributed by atoms with Crippen LogP contribution in [0.15, 0.2) is 36.7 Å². The molecule has 196 valence electrons. The zero-order valence-electron chi connectivity index (χ0n) is 21.4. The lowest BCUT2D eigenvalue weighted by Gasteiger charge is -2.45. The third-order valence-corrected chi connectivity index (χ3v) is 8.83. The van der Waals surface area contributed by atoms with E-state index in [2.05, 4.69) is 45.1 Å². The average Bonchev–Trinajstić information content (AvgIpc) is 3.15. The first kappa shape index (κ1) is 24.6. The van der Waals surface area contributed by atoms with Crippen molar-refractivity contribution in [2.24, 2.45) is 18.9 Å². The van der Waals surface area contributed by atoms with Crippen molar-refractivity contribution in [2.75, 3.05) is 49.6 Å². The summed E-state index contributed by atoms with van der Waals surface area (Å²) in [5.41, 5.74) is 1.59. The molecule has 2 aliphatic heterocycles. The van der Waals surface area contributed by atoms with Crippen LogP contribution in [0.25, 0.3) is 10.8 Å². The van der Waals surface area contributed by atoms with Crippen LogP contribution in [0, 0.1) is 11.8 Å². The number of benzene rings is 1. The number of aromatic nitrogens is 3. The van der Waals surface area contributed by atoms with Crippen molar-refractivity contribution in [3.8, 4) is 0 Å². The number of aryl methyl sites for hydroxylation is 1. The molecule has 0 bridgehead atoms. The van der Waals surface area contributed by atoms with Gasteiger partial charge in [-0.25, -0.2) is 4.98 Å². The molecule has 3 fully saturated rings. The summed E-state index contributed by atoms with van der Waals surface area (Å²) in [7, 11) is 1.89. The van der Waals surface area contributed by atoms with Crippen LogP contribution in [-0.4, -0.2) is 81.7 Å². The van der Waals surface area contributed by atoms with Crippen molar-refractivity contribution in [2.45, 2.75) is 31.4 Å². The van der Waals surface area contributed by atoms with E-state index in [1.807, 2.05) is 31.4 Å². The molecule has 1 aromatic carbocycles. The Labute approximate surface area is 221 Å². The quantitative estimate of drug-likeness (QED) is 0.530. The number of amides is 1. The van der Waals surface area contributed by atoms with Gasteiger partial charge in [-0.15, -0.1) is 0 Å². The van der Waals surface area contributed by atoms with Crippen LogP contribution in [0.5, 0.6) is 0 Å². The fraction of sp³-hybridized carbons (Fsp3) is 0.519. The Balaban J connectivity index is 1.16. The number of aliphatic hydroxyl groups is 1. The molecule has 1 amide bonds. The van der Waals surface area contributed by atoms with E-state index in [0.29, 0.717) is 24.1 Å². The summed E-state index contributed by atoms with van der Waals surface area (Å²) in [6.45, 7) is 8.35. The van der Waals surface area contributed by atoms with E-state index >= 15 is 0 Å². The predicted molar refractivity (Wildman–Crippen MR) is 143 cm³/mol. The maximum absolute atomic E-state index is 13.0. The van der Waals surface area contributed by atoms with Crippen molar-refractivity contribution in [1.82, 2.24) is 19.7 Å². The molecular weight excluding hydrogens is 492 g/mol. The monoisotopic (exact) mass is 524 g/mol. The van der Waals surface area contributed by atoms with E-state index in [1.54, 1.807) is 10.9 Å². The zero-order valence-corrected chi connectivity index (χ0v) is 22.1. The highest BCUT2D eigenvalue weighted by molar-refractivity contribution is 6.34. The van der Waals surface area contributed by atoms with Crippen LogP contribution in [0.4, 0.5) is 11.5 Å². The van der Waals surface area contributed by atoms with E-state index in [1.165, 1.54) is 0 Å². The molecule has 2 saturated heterocycles. The molecule has 0 spiro atoms. The summed E-state index contributed by atoms with van der Waals surface area (Å²) in [5.74, 6) is 0.808. The average molecular weight is 525 g/mol. The third kappa shape index (κ3) is 4.37. The number of ether oxygens (including phenoxy) is 1. The van der Waals surface area contributed by atoms with Gasteiger partial charge in [0.2, 0.25) is 5.91 Å². The second kappa shape index (κ2) is 9.23. The zero-order chi connectivity index (χ0) is 25.9. The van der Waals surface area contributed by atoms with Crippen LogP contribution in [0.3, 0.4) is 0 Å². The van der Waals surface area contributed by atoms with E-state index in [9.17, 15) is 9.90 Å². The number of carbonyl (C=O) groups is 1. The summed E-state index contributed by atoms with van der Waals surface area (Å²) in [5, 5.41) is 20.5. The number of piperazine rings is 1. The van der Waals surface area contributed by atoms with E-state index < -0.39 is 6.10 Å². The molecule has 1 saturated carbocycles. The van der Waals surface area contributed by atoms with Crippen LogP contribution in [-0.2, 0) is 16.6 Å². The number of nitrogens with zero attached hydrogens (tertiary/aromatic N) is 5. The van der Waals surface area contributed by atoms with Gasteiger partial charge in [-0.1, -0.05) is 18.5 Å². The number of hydrogen-bond donors (Lipinski definition) is 2. The van der Waals surface area contributed by atoms with Gasteiger partial charge in [-0.3, -0.25) is 14.4 Å². The normalized spacial score (nSPS) is 30.1. The lowest BCUT2D eigenvalue weighted by Crippen LogP contribution is -2.60. The number of rotatable bonds is 5. The minimum absolute atomic E-state index is 0.0214. The van der Waals surface area contributed by atoms with Crippen molar-refractivity contribution < 1.29 is 14.6 Å². The van der Waals surface area contributed by atoms with E-state index in [4.69, 9.17) is 16.3 Å². The molecule has 37 heavy (non-hydrogen) atoms. The Bertz CT molecular complexity index is 1340. The molecule has 5 atom stereocenters. The second-order valence-electron chi connectivity index (χ2n) is 10.9. The molecule has 10 heteroatoms. The van der Waals surface area contributed by atoms with Gasteiger partial charge in [0.05, 0.1) is 47.2 Å². The van der Waals surface area contributed by atoms with Gasteiger partial charge < -0.3 is 20.1 Å². The second-order valence-corrected chi connectivity index (χ2v) is 11.3. The molecule has 4 heterocycles. The standard InChI is InChI=1S/C27H33ClN6O3/c1-16-24(20-4-5-32(3)31-20)25(16)26(36)30-23-12-17-11-21(19(28)10-18(17)13-29-23)33-6-8-34(9-7-33)27(2)15-37-14-22(27)35/h4-5,10-13,16,22,24-25,35H,6-9,14-15H2,1-3H3,(H,29,30,36)/t16?,22-,24?,25?,27+/m0/s1. The third-order valence-electron chi connectivity index (χ3n) is 8.53. The summed E-state index contributed by atoms with van der Waals surface area (Å²) in [6.07, 6.45) is 3.20. The number of pyridine rings is 1.